The van der Waals surface area contributed by atoms with Crippen molar-refractivity contribution in [1.82, 2.24) is 0 Å². The molecule has 0 aliphatic heterocycles. The molecule has 66 valence electrons. The van der Waals surface area contributed by atoms with E-state index < -0.39 is 0 Å². The summed E-state index contributed by atoms with van der Waals surface area (Å²) in [5, 5.41) is 10.1. The number of rotatable bonds is 4. The van der Waals surface area contributed by atoms with Crippen LogP contribution in [0.4, 0.5) is 0 Å². The van der Waals surface area contributed by atoms with Gasteiger partial charge in [0.05, 0.1) is 0 Å². The van der Waals surface area contributed by atoms with Crippen molar-refractivity contribution in [1.29, 1.82) is 0 Å². The van der Waals surface area contributed by atoms with Gasteiger partial charge < -0.3 is 5.11 Å². The highest BCUT2D eigenvalue weighted by Crippen LogP contribution is 2.20. The summed E-state index contributed by atoms with van der Waals surface area (Å²) in [6.45, 7) is 2.49. The molecular weight excluding hydrogens is 167 g/mol. The first-order valence-electron chi connectivity index (χ1n) is 4.25. The number of hydrogen-bond donors (Lipinski definition) is 1. The lowest BCUT2D eigenvalue weighted by Gasteiger charge is -2.08. The van der Waals surface area contributed by atoms with Crippen molar-refractivity contribution in [3.8, 4) is 0 Å². The Balaban J connectivity index is 2.41. The highest BCUT2D eigenvalue weighted by Gasteiger charge is 2.01. The molecule has 1 rings (SSSR count). The molecule has 1 nitrogen and oxygen atoms in total. The van der Waals surface area contributed by atoms with E-state index >= 15 is 0 Å². The fourth-order valence-electron chi connectivity index (χ4n) is 1.08. The van der Waals surface area contributed by atoms with Gasteiger partial charge >= 0.3 is 0 Å². The van der Waals surface area contributed by atoms with Crippen LogP contribution in [0, 0.1) is 0 Å². The van der Waals surface area contributed by atoms with Crippen molar-refractivity contribution in [2.24, 2.45) is 0 Å². The van der Waals surface area contributed by atoms with Crippen molar-refractivity contribution in [2.75, 3.05) is 6.61 Å². The smallest absolute Gasteiger partial charge is 0.0436 e. The van der Waals surface area contributed by atoms with Crippen LogP contribution < -0.4 is 5.30 Å². The second kappa shape index (κ2) is 5.29. The molecule has 0 aliphatic rings. The van der Waals surface area contributed by atoms with Crippen LogP contribution in [0.2, 0.25) is 0 Å². The minimum Gasteiger partial charge on any atom is -0.396 e. The summed E-state index contributed by atoms with van der Waals surface area (Å²) < 4.78 is 0. The van der Waals surface area contributed by atoms with Crippen LogP contribution in [0.5, 0.6) is 0 Å². The molecule has 0 fully saturated rings. The van der Waals surface area contributed by atoms with Crippen molar-refractivity contribution in [2.45, 2.75) is 19.0 Å². The molecule has 0 bridgehead atoms. The van der Waals surface area contributed by atoms with Crippen LogP contribution in [0.1, 0.15) is 13.3 Å². The molecule has 0 saturated heterocycles. The zero-order valence-electron chi connectivity index (χ0n) is 7.33. The first-order chi connectivity index (χ1) is 5.83. The first kappa shape index (κ1) is 9.70. The maximum atomic E-state index is 8.72. The maximum Gasteiger partial charge on any atom is 0.0436 e. The number of benzene rings is 1. The van der Waals surface area contributed by atoms with Gasteiger partial charge in [-0.1, -0.05) is 45.8 Å². The molecule has 0 amide bonds. The van der Waals surface area contributed by atoms with E-state index in [1.807, 2.05) is 6.07 Å². The summed E-state index contributed by atoms with van der Waals surface area (Å²) in [6, 6.07) is 10.4. The van der Waals surface area contributed by atoms with Crippen molar-refractivity contribution in [3.05, 3.63) is 30.3 Å². The quantitative estimate of drug-likeness (QED) is 0.703. The topological polar surface area (TPSA) is 20.2 Å². The summed E-state index contributed by atoms with van der Waals surface area (Å²) in [6.07, 6.45) is 0.910. The molecule has 0 heterocycles. The third-order valence-corrected chi connectivity index (χ3v) is 3.20. The van der Waals surface area contributed by atoms with Gasteiger partial charge in [-0.2, -0.15) is 0 Å². The van der Waals surface area contributed by atoms with E-state index in [4.69, 9.17) is 5.11 Å². The summed E-state index contributed by atoms with van der Waals surface area (Å²) in [4.78, 5) is 0. The van der Waals surface area contributed by atoms with E-state index in [-0.39, 0.29) is 0 Å². The van der Waals surface area contributed by atoms with Crippen molar-refractivity contribution >= 4 is 13.9 Å². The summed E-state index contributed by atoms with van der Waals surface area (Å²) in [5.74, 6) is 0. The lowest BCUT2D eigenvalue weighted by molar-refractivity contribution is 0.288. The van der Waals surface area contributed by atoms with Crippen LogP contribution in [0.3, 0.4) is 0 Å². The SMILES string of the molecule is CC(CCO)Pc1ccccc1. The summed E-state index contributed by atoms with van der Waals surface area (Å²) >= 11 is 0. The number of aliphatic hydroxyl groups is 1. The average Bonchev–Trinajstić information content (AvgIpc) is 2.06. The number of aliphatic hydroxyl groups excluding tert-OH is 1. The molecule has 0 saturated carbocycles. The van der Waals surface area contributed by atoms with Crippen molar-refractivity contribution < 1.29 is 5.11 Å². The third-order valence-electron chi connectivity index (χ3n) is 1.75. The Bertz CT molecular complexity index is 210. The lowest BCUT2D eigenvalue weighted by Crippen LogP contribution is -2.03. The Hall–Kier alpha value is -0.390. The number of hydrogen-bond acceptors (Lipinski definition) is 1. The van der Waals surface area contributed by atoms with Gasteiger partial charge in [-0.25, -0.2) is 0 Å². The fourth-order valence-corrected chi connectivity index (χ4v) is 2.31. The van der Waals surface area contributed by atoms with Gasteiger partial charge in [-0.15, -0.1) is 0 Å². The van der Waals surface area contributed by atoms with Gasteiger partial charge in [0.15, 0.2) is 0 Å². The second-order valence-corrected chi connectivity index (χ2v) is 4.78. The van der Waals surface area contributed by atoms with E-state index in [0.29, 0.717) is 12.3 Å². The van der Waals surface area contributed by atoms with E-state index in [1.165, 1.54) is 5.30 Å². The monoisotopic (exact) mass is 182 g/mol. The highest BCUT2D eigenvalue weighted by atomic mass is 31.1. The average molecular weight is 182 g/mol. The van der Waals surface area contributed by atoms with Crippen LogP contribution in [-0.2, 0) is 0 Å². The third kappa shape index (κ3) is 3.34. The fraction of sp³-hybridized carbons (Fsp3) is 0.400. The molecule has 0 radical (unpaired) electrons. The largest absolute Gasteiger partial charge is 0.396 e. The molecule has 0 spiro atoms. The minimum atomic E-state index is 0.307. The van der Waals surface area contributed by atoms with Gasteiger partial charge in [-0.05, 0) is 17.4 Å². The van der Waals surface area contributed by atoms with Gasteiger partial charge in [0, 0.05) is 6.61 Å². The molecule has 12 heavy (non-hydrogen) atoms. The summed E-state index contributed by atoms with van der Waals surface area (Å²) in [5.41, 5.74) is 0.609. The van der Waals surface area contributed by atoms with Crippen LogP contribution >= 0.6 is 8.58 Å². The molecule has 1 aromatic rings. The zero-order valence-corrected chi connectivity index (χ0v) is 8.33. The minimum absolute atomic E-state index is 0.307. The molecule has 0 aromatic heterocycles. The predicted molar refractivity (Wildman–Crippen MR) is 55.6 cm³/mol. The second-order valence-electron chi connectivity index (χ2n) is 2.92. The van der Waals surface area contributed by atoms with Gasteiger partial charge in [0.2, 0.25) is 0 Å². The van der Waals surface area contributed by atoms with Gasteiger partial charge in [0.25, 0.3) is 0 Å². The van der Waals surface area contributed by atoms with Gasteiger partial charge in [-0.3, -0.25) is 0 Å². The Labute approximate surface area is 75.6 Å². The predicted octanol–water partition coefficient (Wildman–Crippen LogP) is 1.76. The summed E-state index contributed by atoms with van der Waals surface area (Å²) in [7, 11) is 0.825. The zero-order chi connectivity index (χ0) is 8.81. The van der Waals surface area contributed by atoms with E-state index in [9.17, 15) is 0 Å². The van der Waals surface area contributed by atoms with E-state index in [1.54, 1.807) is 0 Å². The Morgan fingerprint density at radius 1 is 1.33 bits per heavy atom. The van der Waals surface area contributed by atoms with Gasteiger partial charge in [0.1, 0.15) is 0 Å². The van der Waals surface area contributed by atoms with Crippen LogP contribution in [-0.4, -0.2) is 17.4 Å². The van der Waals surface area contributed by atoms with E-state index in [2.05, 4.69) is 31.2 Å². The Kier molecular flexibility index (Phi) is 4.27. The lowest BCUT2D eigenvalue weighted by atomic mass is 10.3. The molecule has 2 heteroatoms. The molecule has 1 aromatic carbocycles. The first-order valence-corrected chi connectivity index (χ1v) is 5.33. The molecule has 2 unspecified atom stereocenters. The van der Waals surface area contributed by atoms with Crippen LogP contribution in [0.25, 0.3) is 0 Å². The molecule has 1 N–H and O–H groups in total. The van der Waals surface area contributed by atoms with E-state index in [0.717, 1.165) is 15.0 Å². The maximum absolute atomic E-state index is 8.72. The molecule has 0 aliphatic carbocycles. The Morgan fingerprint density at radius 2 is 2.00 bits per heavy atom. The normalized spacial score (nSPS) is 13.8. The molecular formula is C10H15OP. The Morgan fingerprint density at radius 3 is 2.58 bits per heavy atom. The van der Waals surface area contributed by atoms with Crippen LogP contribution in [0.15, 0.2) is 30.3 Å². The standard InChI is InChI=1S/C10H15OP/c1-9(7-8-11)12-10-5-3-2-4-6-10/h2-6,9,11-12H,7-8H2,1H3. The van der Waals surface area contributed by atoms with Crippen molar-refractivity contribution in [3.63, 3.8) is 0 Å². The molecule has 2 atom stereocenters. The highest BCUT2D eigenvalue weighted by molar-refractivity contribution is 7.47.